The van der Waals surface area contributed by atoms with Gasteiger partial charge in [0.15, 0.2) is 0 Å². The first-order valence-corrected chi connectivity index (χ1v) is 12.6. The van der Waals surface area contributed by atoms with Crippen LogP contribution in [0.1, 0.15) is 46.3 Å². The van der Waals surface area contributed by atoms with E-state index in [4.69, 9.17) is 23.2 Å². The Morgan fingerprint density at radius 2 is 1.88 bits per heavy atom. The SMILES string of the molecule is CC(C)CN(CC(=O)N1CCc2sccc2C1c1ccccc1)C(=O)c1ccc(Cl)cc1Cl. The molecule has 4 nitrogen and oxygen atoms in total. The fourth-order valence-electron chi connectivity index (χ4n) is 4.33. The van der Waals surface area contributed by atoms with Crippen LogP contribution < -0.4 is 0 Å². The van der Waals surface area contributed by atoms with E-state index >= 15 is 0 Å². The summed E-state index contributed by atoms with van der Waals surface area (Å²) in [4.78, 5) is 31.9. The third-order valence-corrected chi connectivity index (χ3v) is 7.31. The Morgan fingerprint density at radius 3 is 2.58 bits per heavy atom. The van der Waals surface area contributed by atoms with Gasteiger partial charge in [0.05, 0.1) is 16.6 Å². The second-order valence-corrected chi connectivity index (χ2v) is 10.5. The van der Waals surface area contributed by atoms with Crippen LogP contribution in [0.3, 0.4) is 0 Å². The molecule has 2 heterocycles. The molecule has 0 saturated heterocycles. The summed E-state index contributed by atoms with van der Waals surface area (Å²) in [6.45, 7) is 5.13. The van der Waals surface area contributed by atoms with E-state index < -0.39 is 0 Å². The van der Waals surface area contributed by atoms with Gasteiger partial charge in [0.1, 0.15) is 6.54 Å². The molecule has 0 radical (unpaired) electrons. The number of nitrogens with zero attached hydrogens (tertiary/aromatic N) is 2. The molecule has 0 spiro atoms. The molecule has 1 aliphatic rings. The van der Waals surface area contributed by atoms with Gasteiger partial charge in [-0.15, -0.1) is 11.3 Å². The summed E-state index contributed by atoms with van der Waals surface area (Å²) in [5.74, 6) is -0.134. The average molecular weight is 501 g/mol. The molecular formula is C26H26Cl2N2O2S. The molecule has 0 N–H and O–H groups in total. The summed E-state index contributed by atoms with van der Waals surface area (Å²) < 4.78 is 0. The Bertz CT molecular complexity index is 1150. The van der Waals surface area contributed by atoms with Gasteiger partial charge in [-0.05, 0) is 53.1 Å². The number of thiophene rings is 1. The van der Waals surface area contributed by atoms with Gasteiger partial charge in [-0.25, -0.2) is 0 Å². The number of carbonyl (C=O) groups excluding carboxylic acids is 2. The van der Waals surface area contributed by atoms with Gasteiger partial charge < -0.3 is 9.80 Å². The zero-order valence-corrected chi connectivity index (χ0v) is 21.0. The number of carbonyl (C=O) groups is 2. The van der Waals surface area contributed by atoms with Crippen molar-refractivity contribution < 1.29 is 9.59 Å². The molecule has 3 aromatic rings. The Labute approximate surface area is 208 Å². The average Bonchev–Trinajstić information content (AvgIpc) is 3.26. The van der Waals surface area contributed by atoms with Crippen LogP contribution in [-0.2, 0) is 11.2 Å². The van der Waals surface area contributed by atoms with Crippen LogP contribution in [0.2, 0.25) is 10.0 Å². The number of fused-ring (bicyclic) bond motifs is 1. The topological polar surface area (TPSA) is 40.6 Å². The zero-order chi connectivity index (χ0) is 23.5. The van der Waals surface area contributed by atoms with Crippen LogP contribution >= 0.6 is 34.5 Å². The molecule has 0 fully saturated rings. The number of hydrogen-bond acceptors (Lipinski definition) is 3. The maximum absolute atomic E-state index is 13.7. The van der Waals surface area contributed by atoms with Crippen LogP contribution in [0, 0.1) is 5.92 Å². The molecule has 1 aliphatic heterocycles. The lowest BCUT2D eigenvalue weighted by Gasteiger charge is -2.38. The van der Waals surface area contributed by atoms with Crippen molar-refractivity contribution in [2.75, 3.05) is 19.6 Å². The number of halogens is 2. The molecule has 2 amide bonds. The van der Waals surface area contributed by atoms with Crippen LogP contribution in [0.4, 0.5) is 0 Å². The number of rotatable bonds is 6. The quantitative estimate of drug-likeness (QED) is 0.396. The van der Waals surface area contributed by atoms with E-state index in [0.717, 1.165) is 12.0 Å². The molecule has 2 aromatic carbocycles. The highest BCUT2D eigenvalue weighted by molar-refractivity contribution is 7.10. The number of amides is 2. The van der Waals surface area contributed by atoms with Gasteiger partial charge in [-0.3, -0.25) is 9.59 Å². The van der Waals surface area contributed by atoms with Gasteiger partial charge in [0.2, 0.25) is 5.91 Å². The molecule has 7 heteroatoms. The molecular weight excluding hydrogens is 475 g/mol. The Hall–Kier alpha value is -2.34. The van der Waals surface area contributed by atoms with Crippen LogP contribution in [-0.4, -0.2) is 41.2 Å². The van der Waals surface area contributed by atoms with Crippen molar-refractivity contribution in [1.82, 2.24) is 9.80 Å². The molecule has 1 aromatic heterocycles. The number of hydrogen-bond donors (Lipinski definition) is 0. The standard InChI is InChI=1S/C26H26Cl2N2O2S/c1-17(2)15-29(26(32)20-9-8-19(27)14-22(20)28)16-24(31)30-12-10-23-21(11-13-33-23)25(30)18-6-4-3-5-7-18/h3-9,11,13-14,17,25H,10,12,15-16H2,1-2H3. The first-order chi connectivity index (χ1) is 15.8. The highest BCUT2D eigenvalue weighted by Crippen LogP contribution is 2.37. The Morgan fingerprint density at radius 1 is 1.12 bits per heavy atom. The predicted octanol–water partition coefficient (Wildman–Crippen LogP) is 6.33. The third kappa shape index (κ3) is 5.26. The minimum Gasteiger partial charge on any atom is -0.330 e. The van der Waals surface area contributed by atoms with Gasteiger partial charge in [0, 0.05) is 23.0 Å². The maximum atomic E-state index is 13.7. The molecule has 33 heavy (non-hydrogen) atoms. The first-order valence-electron chi connectivity index (χ1n) is 11.0. The predicted molar refractivity (Wildman–Crippen MR) is 135 cm³/mol. The summed E-state index contributed by atoms with van der Waals surface area (Å²) in [7, 11) is 0. The van der Waals surface area contributed by atoms with E-state index in [1.807, 2.05) is 36.9 Å². The lowest BCUT2D eigenvalue weighted by molar-refractivity contribution is -0.134. The minimum atomic E-state index is -0.261. The molecule has 0 aliphatic carbocycles. The van der Waals surface area contributed by atoms with E-state index in [1.54, 1.807) is 34.4 Å². The van der Waals surface area contributed by atoms with E-state index in [-0.39, 0.29) is 35.3 Å². The maximum Gasteiger partial charge on any atom is 0.255 e. The van der Waals surface area contributed by atoms with E-state index in [1.165, 1.54) is 10.4 Å². The van der Waals surface area contributed by atoms with Crippen LogP contribution in [0.15, 0.2) is 60.0 Å². The highest BCUT2D eigenvalue weighted by Gasteiger charge is 2.34. The van der Waals surface area contributed by atoms with Gasteiger partial charge >= 0.3 is 0 Å². The van der Waals surface area contributed by atoms with Crippen molar-refractivity contribution >= 4 is 46.4 Å². The van der Waals surface area contributed by atoms with Crippen molar-refractivity contribution in [2.24, 2.45) is 5.92 Å². The molecule has 0 saturated carbocycles. The van der Waals surface area contributed by atoms with Gasteiger partial charge in [-0.2, -0.15) is 0 Å². The minimum absolute atomic E-state index is 0.00122. The van der Waals surface area contributed by atoms with Crippen LogP contribution in [0.25, 0.3) is 0 Å². The summed E-state index contributed by atoms with van der Waals surface area (Å²) in [5, 5.41) is 2.84. The Kier molecular flexibility index (Phi) is 7.42. The van der Waals surface area contributed by atoms with Gasteiger partial charge in [0.25, 0.3) is 5.91 Å². The van der Waals surface area contributed by atoms with E-state index in [9.17, 15) is 9.59 Å². The van der Waals surface area contributed by atoms with Crippen molar-refractivity contribution in [3.8, 4) is 0 Å². The normalized spacial score (nSPS) is 15.4. The first kappa shape index (κ1) is 23.8. The summed E-state index contributed by atoms with van der Waals surface area (Å²) in [5.41, 5.74) is 2.61. The summed E-state index contributed by atoms with van der Waals surface area (Å²) >= 11 is 14.1. The van der Waals surface area contributed by atoms with E-state index in [0.29, 0.717) is 23.7 Å². The smallest absolute Gasteiger partial charge is 0.255 e. The molecule has 172 valence electrons. The third-order valence-electron chi connectivity index (χ3n) is 5.76. The summed E-state index contributed by atoms with van der Waals surface area (Å²) in [6, 6.07) is 16.9. The van der Waals surface area contributed by atoms with Crippen LogP contribution in [0.5, 0.6) is 0 Å². The monoisotopic (exact) mass is 500 g/mol. The van der Waals surface area contributed by atoms with Gasteiger partial charge in [-0.1, -0.05) is 67.4 Å². The molecule has 1 atom stereocenters. The second kappa shape index (κ2) is 10.3. The largest absolute Gasteiger partial charge is 0.330 e. The molecule has 0 bridgehead atoms. The van der Waals surface area contributed by atoms with Crippen molar-refractivity contribution in [2.45, 2.75) is 26.3 Å². The molecule has 4 rings (SSSR count). The lowest BCUT2D eigenvalue weighted by atomic mass is 9.93. The number of benzene rings is 2. The fourth-order valence-corrected chi connectivity index (χ4v) is 5.72. The van der Waals surface area contributed by atoms with Crippen molar-refractivity contribution in [1.29, 1.82) is 0 Å². The fraction of sp³-hybridized carbons (Fsp3) is 0.308. The molecule has 1 unspecified atom stereocenters. The summed E-state index contributed by atoms with van der Waals surface area (Å²) in [6.07, 6.45) is 0.823. The highest BCUT2D eigenvalue weighted by atomic mass is 35.5. The zero-order valence-electron chi connectivity index (χ0n) is 18.6. The van der Waals surface area contributed by atoms with Crippen molar-refractivity contribution in [3.63, 3.8) is 0 Å². The lowest BCUT2D eigenvalue weighted by Crippen LogP contribution is -2.47. The van der Waals surface area contributed by atoms with E-state index in [2.05, 4.69) is 23.6 Å². The van der Waals surface area contributed by atoms with Crippen molar-refractivity contribution in [3.05, 3.63) is 91.6 Å². The Balaban J connectivity index is 1.62. The second-order valence-electron chi connectivity index (χ2n) is 8.65.